The van der Waals surface area contributed by atoms with Gasteiger partial charge in [0.25, 0.3) is 0 Å². The fraction of sp³-hybridized carbons (Fsp3) is 0.286. The number of nitrogens with zero attached hydrogens (tertiary/aromatic N) is 1. The molecule has 48 valence electrons. The van der Waals surface area contributed by atoms with E-state index in [2.05, 4.69) is 25.9 Å². The first-order valence-electron chi connectivity index (χ1n) is 2.84. The maximum atomic E-state index is 3.67. The Morgan fingerprint density at radius 3 is 2.56 bits per heavy atom. The summed E-state index contributed by atoms with van der Waals surface area (Å²) in [5.74, 6) is 0. The molecule has 1 aromatic rings. The first kappa shape index (κ1) is 6.49. The van der Waals surface area contributed by atoms with Gasteiger partial charge in [-0.25, -0.2) is 0 Å². The third kappa shape index (κ3) is 1.03. The van der Waals surface area contributed by atoms with Crippen LogP contribution in [-0.2, 0) is 0 Å². The van der Waals surface area contributed by atoms with Crippen LogP contribution >= 0.6 is 11.3 Å². The highest BCUT2D eigenvalue weighted by Crippen LogP contribution is 2.07. The van der Waals surface area contributed by atoms with E-state index in [0.29, 0.717) is 0 Å². The van der Waals surface area contributed by atoms with Crippen LogP contribution in [0, 0.1) is 13.8 Å². The minimum atomic E-state index is 1.29. The van der Waals surface area contributed by atoms with E-state index in [1.54, 1.807) is 11.3 Å². The Balaban J connectivity index is 3.18. The zero-order valence-corrected chi connectivity index (χ0v) is 6.53. The van der Waals surface area contributed by atoms with Gasteiger partial charge in [-0.15, -0.1) is 0 Å². The van der Waals surface area contributed by atoms with Crippen LogP contribution in [0.2, 0.25) is 0 Å². The van der Waals surface area contributed by atoms with E-state index >= 15 is 0 Å². The number of thiazole rings is 1. The smallest absolute Gasteiger partial charge is 0.162 e. The lowest BCUT2D eigenvalue weighted by Crippen LogP contribution is -2.25. The van der Waals surface area contributed by atoms with Gasteiger partial charge in [0.05, 0.1) is 4.88 Å². The molecular weight excluding hydrogens is 130 g/mol. The van der Waals surface area contributed by atoms with Gasteiger partial charge in [-0.2, -0.15) is 4.57 Å². The molecule has 1 heterocycles. The average molecular weight is 140 g/mol. The molecule has 1 rings (SSSR count). The van der Waals surface area contributed by atoms with Gasteiger partial charge in [0.2, 0.25) is 5.51 Å². The van der Waals surface area contributed by atoms with Gasteiger partial charge in [-0.1, -0.05) is 11.3 Å². The number of rotatable bonds is 1. The van der Waals surface area contributed by atoms with Crippen LogP contribution < -0.4 is 4.57 Å². The maximum absolute atomic E-state index is 3.67. The summed E-state index contributed by atoms with van der Waals surface area (Å²) in [5.41, 5.74) is 3.34. The van der Waals surface area contributed by atoms with Gasteiger partial charge in [0, 0.05) is 6.92 Å². The van der Waals surface area contributed by atoms with E-state index in [9.17, 15) is 0 Å². The second-order valence-corrected chi connectivity index (χ2v) is 3.01. The Morgan fingerprint density at radius 1 is 1.67 bits per heavy atom. The standard InChI is InChI=1S/C7H10NS/c1-4-8-5-9-7(3)6(8)2/h4-5H,1H2,2-3H3/q+1. The predicted octanol–water partition coefficient (Wildman–Crippen LogP) is 1.75. The topological polar surface area (TPSA) is 3.88 Å². The molecule has 1 nitrogen and oxygen atoms in total. The molecule has 0 aromatic carbocycles. The molecule has 9 heavy (non-hydrogen) atoms. The molecule has 0 amide bonds. The molecule has 0 saturated carbocycles. The first-order valence-corrected chi connectivity index (χ1v) is 3.72. The Kier molecular flexibility index (Phi) is 1.67. The number of aromatic nitrogens is 1. The summed E-state index contributed by atoms with van der Waals surface area (Å²) in [7, 11) is 0. The lowest BCUT2D eigenvalue weighted by atomic mass is 10.4. The average Bonchev–Trinajstić information content (AvgIpc) is 2.15. The summed E-state index contributed by atoms with van der Waals surface area (Å²) in [6.45, 7) is 7.88. The summed E-state index contributed by atoms with van der Waals surface area (Å²) < 4.78 is 2.03. The largest absolute Gasteiger partial charge is 0.230 e. The van der Waals surface area contributed by atoms with Crippen LogP contribution in [0.25, 0.3) is 6.20 Å². The van der Waals surface area contributed by atoms with Crippen molar-refractivity contribution in [2.24, 2.45) is 0 Å². The second kappa shape index (κ2) is 2.31. The van der Waals surface area contributed by atoms with E-state index in [1.165, 1.54) is 10.6 Å². The van der Waals surface area contributed by atoms with Crippen molar-refractivity contribution in [3.8, 4) is 0 Å². The molecule has 2 heteroatoms. The van der Waals surface area contributed by atoms with E-state index < -0.39 is 0 Å². The summed E-state index contributed by atoms with van der Waals surface area (Å²) in [4.78, 5) is 1.36. The maximum Gasteiger partial charge on any atom is 0.230 e. The lowest BCUT2D eigenvalue weighted by Gasteiger charge is -1.80. The molecule has 0 aliphatic rings. The normalized spacial score (nSPS) is 9.56. The molecule has 0 aliphatic heterocycles. The minimum absolute atomic E-state index is 1.29. The predicted molar refractivity (Wildman–Crippen MR) is 40.4 cm³/mol. The van der Waals surface area contributed by atoms with Gasteiger partial charge in [-0.3, -0.25) is 0 Å². The van der Waals surface area contributed by atoms with Crippen molar-refractivity contribution in [2.75, 3.05) is 0 Å². The molecule has 0 spiro atoms. The highest BCUT2D eigenvalue weighted by molar-refractivity contribution is 7.09. The number of hydrogen-bond acceptors (Lipinski definition) is 1. The molecule has 0 bridgehead atoms. The van der Waals surface area contributed by atoms with Crippen LogP contribution in [0.15, 0.2) is 12.1 Å². The van der Waals surface area contributed by atoms with Crippen molar-refractivity contribution in [2.45, 2.75) is 13.8 Å². The molecule has 1 aromatic heterocycles. The van der Waals surface area contributed by atoms with Crippen molar-refractivity contribution in [1.82, 2.24) is 0 Å². The fourth-order valence-corrected chi connectivity index (χ4v) is 1.45. The number of hydrogen-bond donors (Lipinski definition) is 0. The van der Waals surface area contributed by atoms with Crippen molar-refractivity contribution in [3.05, 3.63) is 22.7 Å². The fourth-order valence-electron chi connectivity index (χ4n) is 0.662. The van der Waals surface area contributed by atoms with E-state index in [1.807, 2.05) is 10.8 Å². The van der Waals surface area contributed by atoms with Crippen molar-refractivity contribution in [3.63, 3.8) is 0 Å². The lowest BCUT2D eigenvalue weighted by molar-refractivity contribution is -0.569. The Labute approximate surface area is 59.3 Å². The van der Waals surface area contributed by atoms with Crippen LogP contribution in [0.3, 0.4) is 0 Å². The highest BCUT2D eigenvalue weighted by atomic mass is 32.1. The van der Waals surface area contributed by atoms with Crippen LogP contribution in [0.4, 0.5) is 0 Å². The Morgan fingerprint density at radius 2 is 2.33 bits per heavy atom. The molecule has 0 aliphatic carbocycles. The van der Waals surface area contributed by atoms with Gasteiger partial charge < -0.3 is 0 Å². The molecule has 0 fully saturated rings. The summed E-state index contributed by atoms with van der Waals surface area (Å²) in [6.07, 6.45) is 1.82. The molecular formula is C7H10NS+. The number of aryl methyl sites for hydroxylation is 1. The van der Waals surface area contributed by atoms with E-state index in [0.717, 1.165) is 0 Å². The van der Waals surface area contributed by atoms with E-state index in [-0.39, 0.29) is 0 Å². The van der Waals surface area contributed by atoms with Gasteiger partial charge in [0.1, 0.15) is 0 Å². The van der Waals surface area contributed by atoms with Gasteiger partial charge in [0.15, 0.2) is 11.9 Å². The Hall–Kier alpha value is -0.630. The molecule has 0 saturated heterocycles. The molecule has 0 N–H and O–H groups in total. The highest BCUT2D eigenvalue weighted by Gasteiger charge is 2.06. The van der Waals surface area contributed by atoms with Crippen molar-refractivity contribution < 1.29 is 4.57 Å². The monoisotopic (exact) mass is 140 g/mol. The minimum Gasteiger partial charge on any atom is -0.162 e. The van der Waals surface area contributed by atoms with Gasteiger partial charge in [-0.05, 0) is 13.5 Å². The summed E-state index contributed by atoms with van der Waals surface area (Å²) in [5, 5.41) is 0. The zero-order chi connectivity index (χ0) is 6.85. The first-order chi connectivity index (χ1) is 4.25. The zero-order valence-electron chi connectivity index (χ0n) is 5.72. The van der Waals surface area contributed by atoms with Crippen LogP contribution in [0.1, 0.15) is 10.6 Å². The molecule has 0 unspecified atom stereocenters. The SMILES string of the molecule is C=C[n+]1csc(C)c1C. The summed E-state index contributed by atoms with van der Waals surface area (Å²) >= 11 is 1.75. The van der Waals surface area contributed by atoms with E-state index in [4.69, 9.17) is 0 Å². The van der Waals surface area contributed by atoms with Crippen LogP contribution in [0.5, 0.6) is 0 Å². The Bertz CT molecular complexity index is 225. The van der Waals surface area contributed by atoms with Crippen LogP contribution in [-0.4, -0.2) is 0 Å². The van der Waals surface area contributed by atoms with Crippen molar-refractivity contribution >= 4 is 17.5 Å². The summed E-state index contributed by atoms with van der Waals surface area (Å²) in [6, 6.07) is 0. The quantitative estimate of drug-likeness (QED) is 0.523. The third-order valence-corrected chi connectivity index (χ3v) is 2.42. The van der Waals surface area contributed by atoms with Crippen molar-refractivity contribution in [1.29, 1.82) is 0 Å². The third-order valence-electron chi connectivity index (χ3n) is 1.44. The molecule has 0 radical (unpaired) electrons. The van der Waals surface area contributed by atoms with Gasteiger partial charge >= 0.3 is 0 Å². The second-order valence-electron chi connectivity index (χ2n) is 1.95. The molecule has 0 atom stereocenters.